The van der Waals surface area contributed by atoms with Crippen molar-refractivity contribution in [3.63, 3.8) is 0 Å². The lowest BCUT2D eigenvalue weighted by Gasteiger charge is -2.05. The predicted octanol–water partition coefficient (Wildman–Crippen LogP) is 1.88. The molecule has 128 valence electrons. The van der Waals surface area contributed by atoms with Crippen molar-refractivity contribution < 1.29 is 14.3 Å². The van der Waals surface area contributed by atoms with E-state index in [2.05, 4.69) is 15.6 Å². The fraction of sp³-hybridized carbons (Fsp3) is 0.176. The fourth-order valence-electron chi connectivity index (χ4n) is 2.25. The number of aromatic nitrogens is 4. The van der Waals surface area contributed by atoms with Crippen LogP contribution in [0, 0.1) is 0 Å². The zero-order valence-electron chi connectivity index (χ0n) is 13.6. The summed E-state index contributed by atoms with van der Waals surface area (Å²) in [4.78, 5) is 23.7. The van der Waals surface area contributed by atoms with Gasteiger partial charge in [-0.05, 0) is 43.3 Å². The molecule has 0 saturated carbocycles. The second-order valence-electron chi connectivity index (χ2n) is 5.20. The summed E-state index contributed by atoms with van der Waals surface area (Å²) in [5.74, 6) is -0.447. The Labute approximate surface area is 144 Å². The third kappa shape index (κ3) is 4.11. The lowest BCUT2D eigenvalue weighted by molar-refractivity contribution is -0.144. The van der Waals surface area contributed by atoms with Crippen LogP contribution in [0.2, 0.25) is 0 Å². The molecule has 1 amide bonds. The summed E-state index contributed by atoms with van der Waals surface area (Å²) in [7, 11) is 0. The first-order chi connectivity index (χ1) is 12.2. The van der Waals surface area contributed by atoms with Crippen LogP contribution in [-0.2, 0) is 16.1 Å². The molecule has 25 heavy (non-hydrogen) atoms. The van der Waals surface area contributed by atoms with Gasteiger partial charge in [0, 0.05) is 23.6 Å². The molecule has 0 aliphatic rings. The van der Waals surface area contributed by atoms with Crippen LogP contribution < -0.4 is 5.32 Å². The molecular formula is C17H17N5O3. The Balaban J connectivity index is 1.62. The summed E-state index contributed by atoms with van der Waals surface area (Å²) in [5, 5.41) is 10.2. The molecule has 0 spiro atoms. The molecule has 0 atom stereocenters. The maximum absolute atomic E-state index is 12.3. The number of rotatable bonds is 6. The second-order valence-corrected chi connectivity index (χ2v) is 5.20. The molecule has 1 aromatic carbocycles. The molecule has 8 heteroatoms. The van der Waals surface area contributed by atoms with Crippen molar-refractivity contribution in [3.05, 3.63) is 60.6 Å². The first-order valence-corrected chi connectivity index (χ1v) is 7.76. The number of benzene rings is 1. The highest BCUT2D eigenvalue weighted by atomic mass is 16.5. The highest BCUT2D eigenvalue weighted by Gasteiger charge is 2.11. The van der Waals surface area contributed by atoms with Crippen LogP contribution in [-0.4, -0.2) is 38.0 Å². The number of nitrogens with one attached hydrogen (secondary N) is 1. The average molecular weight is 339 g/mol. The van der Waals surface area contributed by atoms with E-state index in [-0.39, 0.29) is 18.3 Å². The number of nitrogens with zero attached hydrogens (tertiary/aromatic N) is 4. The van der Waals surface area contributed by atoms with E-state index in [1.54, 1.807) is 19.1 Å². The van der Waals surface area contributed by atoms with Gasteiger partial charge in [-0.15, -0.1) is 5.10 Å². The minimum absolute atomic E-state index is 0.0533. The van der Waals surface area contributed by atoms with E-state index in [1.807, 2.05) is 41.2 Å². The number of hydrogen-bond acceptors (Lipinski definition) is 5. The smallest absolute Gasteiger partial charge is 0.327 e. The highest BCUT2D eigenvalue weighted by molar-refractivity contribution is 6.03. The number of carbonyl (C=O) groups excluding carboxylic acids is 2. The fourth-order valence-corrected chi connectivity index (χ4v) is 2.25. The minimum Gasteiger partial charge on any atom is -0.465 e. The maximum Gasteiger partial charge on any atom is 0.327 e. The molecule has 2 heterocycles. The SMILES string of the molecule is CCOC(=O)Cn1cc(NC(=O)c2ccc(-n3cccc3)cc2)nn1. The number of amides is 1. The summed E-state index contributed by atoms with van der Waals surface area (Å²) in [6.45, 7) is 1.98. The standard InChI is InChI=1S/C17H17N5O3/c1-2-25-16(23)12-22-11-15(19-20-22)18-17(24)13-5-7-14(8-6-13)21-9-3-4-10-21/h3-11H,2,12H2,1H3,(H,18,24). The topological polar surface area (TPSA) is 91.0 Å². The molecule has 0 fully saturated rings. The van der Waals surface area contributed by atoms with E-state index in [0.717, 1.165) is 5.69 Å². The molecule has 0 aliphatic carbocycles. The summed E-state index contributed by atoms with van der Waals surface area (Å²) >= 11 is 0. The number of ether oxygens (including phenoxy) is 1. The largest absolute Gasteiger partial charge is 0.465 e. The van der Waals surface area contributed by atoms with Crippen LogP contribution in [0.25, 0.3) is 5.69 Å². The van der Waals surface area contributed by atoms with Gasteiger partial charge >= 0.3 is 5.97 Å². The molecule has 0 radical (unpaired) electrons. The van der Waals surface area contributed by atoms with Gasteiger partial charge in [0.05, 0.1) is 12.8 Å². The Morgan fingerprint density at radius 2 is 1.88 bits per heavy atom. The Kier molecular flexibility index (Phi) is 4.89. The molecule has 0 saturated heterocycles. The third-order valence-corrected chi connectivity index (χ3v) is 3.41. The van der Waals surface area contributed by atoms with Crippen molar-refractivity contribution in [3.8, 4) is 5.69 Å². The van der Waals surface area contributed by atoms with Gasteiger partial charge in [0.1, 0.15) is 6.54 Å². The van der Waals surface area contributed by atoms with E-state index in [0.29, 0.717) is 12.2 Å². The molecule has 3 rings (SSSR count). The predicted molar refractivity (Wildman–Crippen MR) is 90.4 cm³/mol. The summed E-state index contributed by atoms with van der Waals surface area (Å²) in [6.07, 6.45) is 5.33. The Bertz CT molecular complexity index is 853. The lowest BCUT2D eigenvalue weighted by atomic mass is 10.2. The van der Waals surface area contributed by atoms with Gasteiger partial charge in [-0.1, -0.05) is 5.21 Å². The van der Waals surface area contributed by atoms with Crippen molar-refractivity contribution >= 4 is 17.7 Å². The number of esters is 1. The van der Waals surface area contributed by atoms with Crippen molar-refractivity contribution in [2.24, 2.45) is 0 Å². The lowest BCUT2D eigenvalue weighted by Crippen LogP contribution is -2.14. The molecule has 3 aromatic rings. The zero-order valence-corrected chi connectivity index (χ0v) is 13.6. The first kappa shape index (κ1) is 16.4. The van der Waals surface area contributed by atoms with Crippen molar-refractivity contribution in [2.75, 3.05) is 11.9 Å². The van der Waals surface area contributed by atoms with Crippen LogP contribution >= 0.6 is 0 Å². The van der Waals surface area contributed by atoms with E-state index in [9.17, 15) is 9.59 Å². The molecule has 0 aliphatic heterocycles. The van der Waals surface area contributed by atoms with E-state index >= 15 is 0 Å². The number of carbonyl (C=O) groups is 2. The van der Waals surface area contributed by atoms with Gasteiger partial charge in [-0.2, -0.15) is 0 Å². The van der Waals surface area contributed by atoms with E-state index < -0.39 is 5.97 Å². The van der Waals surface area contributed by atoms with Gasteiger partial charge in [0.25, 0.3) is 5.91 Å². The van der Waals surface area contributed by atoms with Crippen molar-refractivity contribution in [1.82, 2.24) is 19.6 Å². The minimum atomic E-state index is -0.411. The molecule has 8 nitrogen and oxygen atoms in total. The molecule has 0 unspecified atom stereocenters. The number of hydrogen-bond donors (Lipinski definition) is 1. The quantitative estimate of drug-likeness (QED) is 0.693. The van der Waals surface area contributed by atoms with Crippen LogP contribution in [0.4, 0.5) is 5.82 Å². The summed E-state index contributed by atoms with van der Waals surface area (Å²) in [6, 6.07) is 11.0. The van der Waals surface area contributed by atoms with Crippen molar-refractivity contribution in [2.45, 2.75) is 13.5 Å². The molecular weight excluding hydrogens is 322 g/mol. The number of anilines is 1. The molecule has 0 bridgehead atoms. The first-order valence-electron chi connectivity index (χ1n) is 7.76. The highest BCUT2D eigenvalue weighted by Crippen LogP contribution is 2.11. The zero-order chi connectivity index (χ0) is 17.6. The van der Waals surface area contributed by atoms with E-state index in [4.69, 9.17) is 4.74 Å². The van der Waals surface area contributed by atoms with Gasteiger partial charge in [0.15, 0.2) is 5.82 Å². The Morgan fingerprint density at radius 3 is 2.56 bits per heavy atom. The van der Waals surface area contributed by atoms with Crippen LogP contribution in [0.5, 0.6) is 0 Å². The van der Waals surface area contributed by atoms with Crippen LogP contribution in [0.15, 0.2) is 55.0 Å². The summed E-state index contributed by atoms with van der Waals surface area (Å²) in [5.41, 5.74) is 1.46. The van der Waals surface area contributed by atoms with E-state index in [1.165, 1.54) is 10.9 Å². The monoisotopic (exact) mass is 339 g/mol. The van der Waals surface area contributed by atoms with Crippen molar-refractivity contribution in [1.29, 1.82) is 0 Å². The molecule has 1 N–H and O–H groups in total. The Hall–Kier alpha value is -3.42. The normalized spacial score (nSPS) is 10.4. The Morgan fingerprint density at radius 1 is 1.16 bits per heavy atom. The van der Waals surface area contributed by atoms with Crippen LogP contribution in [0.3, 0.4) is 0 Å². The maximum atomic E-state index is 12.3. The van der Waals surface area contributed by atoms with Gasteiger partial charge in [-0.3, -0.25) is 9.59 Å². The van der Waals surface area contributed by atoms with Gasteiger partial charge < -0.3 is 14.6 Å². The van der Waals surface area contributed by atoms with Gasteiger partial charge in [-0.25, -0.2) is 4.68 Å². The average Bonchev–Trinajstić information content (AvgIpc) is 3.27. The third-order valence-electron chi connectivity index (χ3n) is 3.41. The van der Waals surface area contributed by atoms with Crippen LogP contribution in [0.1, 0.15) is 17.3 Å². The van der Waals surface area contributed by atoms with Gasteiger partial charge in [0.2, 0.25) is 0 Å². The second kappa shape index (κ2) is 7.43. The summed E-state index contributed by atoms with van der Waals surface area (Å²) < 4.78 is 8.09. The molecule has 2 aromatic heterocycles.